The molecule has 0 spiro atoms. The average molecular weight is 283 g/mol. The molecule has 0 aliphatic rings. The molecule has 0 nitrogen and oxygen atoms in total. The molecule has 0 aliphatic heterocycles. The van der Waals surface area contributed by atoms with Crippen LogP contribution in [0.2, 0.25) is 0 Å². The summed E-state index contributed by atoms with van der Waals surface area (Å²) in [5, 5.41) is 0. The summed E-state index contributed by atoms with van der Waals surface area (Å²) in [4.78, 5) is 0. The molecule has 0 atom stereocenters. The van der Waals surface area contributed by atoms with E-state index in [1.165, 1.54) is 0 Å². The van der Waals surface area contributed by atoms with Crippen molar-refractivity contribution < 1.29 is 30.7 Å². The predicted octanol–water partition coefficient (Wildman–Crippen LogP) is 2.49. The molecule has 0 unspecified atom stereocenters. The Morgan fingerprint density at radius 3 is 1.00 bits per heavy atom. The number of halogens is 4. The first-order valence-corrected chi connectivity index (χ1v) is 12.4. The van der Waals surface area contributed by atoms with Gasteiger partial charge in [0.2, 0.25) is 0 Å². The van der Waals surface area contributed by atoms with Crippen LogP contribution in [0.1, 0.15) is 0 Å². The summed E-state index contributed by atoms with van der Waals surface area (Å²) in [6.07, 6.45) is 0. The van der Waals surface area contributed by atoms with E-state index in [0.29, 0.717) is 0 Å². The minimum atomic E-state index is -2.24. The Hall–Kier alpha value is 2.54. The summed E-state index contributed by atoms with van der Waals surface area (Å²) in [5.74, 6) is 0. The second-order valence-electron chi connectivity index (χ2n) is 0.214. The third-order valence-electron chi connectivity index (χ3n) is 0. The van der Waals surface area contributed by atoms with Gasteiger partial charge in [0.05, 0.1) is 0 Å². The molecular formula is HCeCl4. The maximum atomic E-state index is 5.02. The van der Waals surface area contributed by atoms with E-state index in [0.717, 1.165) is 0 Å². The van der Waals surface area contributed by atoms with Crippen LogP contribution in [0.4, 0.5) is 0 Å². The molecule has 0 saturated carbocycles. The molecule has 0 fully saturated rings. The van der Waals surface area contributed by atoms with E-state index in [1.54, 1.807) is 0 Å². The molecule has 0 heterocycles. The van der Waals surface area contributed by atoms with Crippen LogP contribution >= 0.6 is 29.3 Å². The van der Waals surface area contributed by atoms with Crippen molar-refractivity contribution in [3.63, 3.8) is 0 Å². The van der Waals surface area contributed by atoms with E-state index < -0.39 is 30.7 Å². The topological polar surface area (TPSA) is 0 Å². The molecule has 0 bridgehead atoms. The van der Waals surface area contributed by atoms with Crippen molar-refractivity contribution >= 4 is 29.3 Å². The Morgan fingerprint density at radius 1 is 1.00 bits per heavy atom. The van der Waals surface area contributed by atoms with Gasteiger partial charge in [0.25, 0.3) is 0 Å². The Labute approximate surface area is 58.4 Å². The maximum absolute atomic E-state index is 5.02. The van der Waals surface area contributed by atoms with Crippen molar-refractivity contribution in [2.24, 2.45) is 0 Å². The van der Waals surface area contributed by atoms with Crippen molar-refractivity contribution in [2.75, 3.05) is 0 Å². The summed E-state index contributed by atoms with van der Waals surface area (Å²) in [7, 11) is 0. The number of hydrogen-bond acceptors (Lipinski definition) is 0. The molecule has 0 aromatic rings. The molecule has 0 radical (unpaired) electrons. The second kappa shape index (κ2) is 6.54. The molecule has 0 rings (SSSR count). The van der Waals surface area contributed by atoms with Crippen LogP contribution < -0.4 is 0 Å². The van der Waals surface area contributed by atoms with E-state index in [9.17, 15) is 0 Å². The van der Waals surface area contributed by atoms with Gasteiger partial charge in [-0.1, -0.05) is 0 Å². The first kappa shape index (κ1) is 10.5. The Kier molecular flexibility index (Phi) is 13.7. The third kappa shape index (κ3) is 20.9. The molecule has 33 valence electrons. The van der Waals surface area contributed by atoms with Crippen LogP contribution in [0.15, 0.2) is 0 Å². The summed E-state index contributed by atoms with van der Waals surface area (Å²) in [5.41, 5.74) is 15.1. The zero-order valence-electron chi connectivity index (χ0n) is 2.04. The standard InChI is InChI=1S/Ce.4ClH/h;4*1H/q+3;;;;/p-3. The van der Waals surface area contributed by atoms with Gasteiger partial charge in [0, 0.05) is 0 Å². The zero-order chi connectivity index (χ0) is 3.58. The number of hydrogen-bond donors (Lipinski definition) is 0. The van der Waals surface area contributed by atoms with E-state index in [4.69, 9.17) is 16.9 Å². The van der Waals surface area contributed by atoms with Crippen LogP contribution in [-0.4, -0.2) is 0 Å². The van der Waals surface area contributed by atoms with Crippen LogP contribution in [0.5, 0.6) is 0 Å². The van der Waals surface area contributed by atoms with Gasteiger partial charge in [-0.05, 0) is 0 Å². The van der Waals surface area contributed by atoms with Crippen LogP contribution in [0.3, 0.4) is 0 Å². The van der Waals surface area contributed by atoms with Gasteiger partial charge >= 0.3 is 47.6 Å². The van der Waals surface area contributed by atoms with Crippen molar-refractivity contribution in [1.82, 2.24) is 0 Å². The van der Waals surface area contributed by atoms with E-state index in [2.05, 4.69) is 0 Å². The van der Waals surface area contributed by atoms with Crippen LogP contribution in [0, 0.1) is 30.7 Å². The van der Waals surface area contributed by atoms with Crippen molar-refractivity contribution in [2.45, 2.75) is 0 Å². The summed E-state index contributed by atoms with van der Waals surface area (Å²) in [6, 6.07) is 0. The fourth-order valence-corrected chi connectivity index (χ4v) is 0. The molecule has 5 heavy (non-hydrogen) atoms. The van der Waals surface area contributed by atoms with Gasteiger partial charge in [-0.3, -0.25) is 0 Å². The second-order valence-corrected chi connectivity index (χ2v) is 14.0. The van der Waals surface area contributed by atoms with E-state index >= 15 is 0 Å². The van der Waals surface area contributed by atoms with Gasteiger partial charge in [-0.15, -0.1) is 12.4 Å². The van der Waals surface area contributed by atoms with Gasteiger partial charge in [0.1, 0.15) is 0 Å². The fraction of sp³-hybridized carbons (Fsp3) is 0. The van der Waals surface area contributed by atoms with Crippen molar-refractivity contribution in [3.8, 4) is 0 Å². The SMILES string of the molecule is Cl.[Cl][Ce]([Cl])[Cl]. The first-order valence-electron chi connectivity index (χ1n) is 0.567. The predicted molar refractivity (Wildman–Crippen MR) is 24.8 cm³/mol. The molecule has 0 N–H and O–H groups in total. The molecule has 0 saturated heterocycles. The molecule has 0 aliphatic carbocycles. The monoisotopic (exact) mass is 281 g/mol. The minimum absolute atomic E-state index is 0. The quantitative estimate of drug-likeness (QED) is 0.640. The molecule has 5 heteroatoms. The number of rotatable bonds is 0. The van der Waals surface area contributed by atoms with E-state index in [-0.39, 0.29) is 12.4 Å². The van der Waals surface area contributed by atoms with Gasteiger partial charge in [-0.2, -0.15) is 0 Å². The average Bonchev–Trinajstić information content (AvgIpc) is 0.811. The summed E-state index contributed by atoms with van der Waals surface area (Å²) >= 11 is -2.24. The van der Waals surface area contributed by atoms with Gasteiger partial charge < -0.3 is 0 Å². The van der Waals surface area contributed by atoms with Crippen LogP contribution in [0.25, 0.3) is 0 Å². The first-order chi connectivity index (χ1) is 1.73. The fourth-order valence-electron chi connectivity index (χ4n) is 0. The summed E-state index contributed by atoms with van der Waals surface area (Å²) in [6.45, 7) is 0. The third-order valence-corrected chi connectivity index (χ3v) is 0. The Morgan fingerprint density at radius 2 is 1.00 bits per heavy atom. The molecule has 0 aromatic carbocycles. The zero-order valence-corrected chi connectivity index (χ0v) is 8.27. The van der Waals surface area contributed by atoms with E-state index in [1.807, 2.05) is 0 Å². The molecular weight excluding hydrogens is 282 g/mol. The van der Waals surface area contributed by atoms with Gasteiger partial charge in [-0.25, -0.2) is 0 Å². The Balaban J connectivity index is 0. The van der Waals surface area contributed by atoms with Gasteiger partial charge in [0.15, 0.2) is 0 Å². The summed E-state index contributed by atoms with van der Waals surface area (Å²) < 4.78 is 0. The van der Waals surface area contributed by atoms with Crippen LogP contribution in [-0.2, 0) is 0 Å². The normalized spacial score (nSPS) is 5.40. The molecule has 0 aromatic heterocycles. The Bertz CT molecular complexity index is 8.36. The van der Waals surface area contributed by atoms with Crippen molar-refractivity contribution in [1.29, 1.82) is 0 Å². The van der Waals surface area contributed by atoms with Crippen molar-refractivity contribution in [3.05, 3.63) is 0 Å². The molecule has 0 amide bonds.